The molecule has 0 heterocycles. The Labute approximate surface area is 97.9 Å². The second-order valence-electron chi connectivity index (χ2n) is 4.28. The van der Waals surface area contributed by atoms with E-state index in [1.54, 1.807) is 6.08 Å². The number of ether oxygens (including phenoxy) is 2. The van der Waals surface area contributed by atoms with Crippen LogP contribution in [0.3, 0.4) is 0 Å². The van der Waals surface area contributed by atoms with Crippen LogP contribution in [0.5, 0.6) is 11.5 Å². The maximum absolute atomic E-state index is 5.65. The summed E-state index contributed by atoms with van der Waals surface area (Å²) in [4.78, 5) is 0. The lowest BCUT2D eigenvalue weighted by molar-refractivity contribution is 0.229. The smallest absolute Gasteiger partial charge is 0.123 e. The van der Waals surface area contributed by atoms with Crippen LogP contribution in [-0.4, -0.2) is 12.2 Å². The van der Waals surface area contributed by atoms with Crippen molar-refractivity contribution in [3.63, 3.8) is 0 Å². The fraction of sp³-hybridized carbons (Fsp3) is 0.429. The monoisotopic (exact) mass is 220 g/mol. The van der Waals surface area contributed by atoms with E-state index in [0.29, 0.717) is 0 Å². The molecule has 2 heteroatoms. The number of benzene rings is 1. The molecule has 0 aliphatic rings. The molecule has 1 rings (SSSR count). The van der Waals surface area contributed by atoms with Crippen molar-refractivity contribution in [2.75, 3.05) is 0 Å². The Balaban J connectivity index is 2.95. The van der Waals surface area contributed by atoms with Crippen LogP contribution < -0.4 is 9.47 Å². The number of hydrogen-bond acceptors (Lipinski definition) is 2. The summed E-state index contributed by atoms with van der Waals surface area (Å²) in [7, 11) is 0. The van der Waals surface area contributed by atoms with Gasteiger partial charge in [-0.2, -0.15) is 0 Å². The van der Waals surface area contributed by atoms with Crippen molar-refractivity contribution in [2.45, 2.75) is 39.9 Å². The standard InChI is InChI=1S/C14H20O2/c1-6-12-7-13(15-10(2)3)9-14(8-12)16-11(4)5/h6-11H,1H2,2-5H3. The first-order valence-electron chi connectivity index (χ1n) is 5.62. The van der Waals surface area contributed by atoms with Gasteiger partial charge in [0.15, 0.2) is 0 Å². The van der Waals surface area contributed by atoms with Crippen LogP contribution in [0.2, 0.25) is 0 Å². The molecule has 0 amide bonds. The summed E-state index contributed by atoms with van der Waals surface area (Å²) in [6, 6.07) is 5.83. The third-order valence-electron chi connectivity index (χ3n) is 1.88. The lowest BCUT2D eigenvalue weighted by Gasteiger charge is -2.14. The van der Waals surface area contributed by atoms with Crippen molar-refractivity contribution < 1.29 is 9.47 Å². The molecule has 0 radical (unpaired) electrons. The quantitative estimate of drug-likeness (QED) is 0.749. The van der Waals surface area contributed by atoms with Gasteiger partial charge in [-0.3, -0.25) is 0 Å². The molecule has 16 heavy (non-hydrogen) atoms. The van der Waals surface area contributed by atoms with Crippen LogP contribution in [0, 0.1) is 0 Å². The zero-order valence-corrected chi connectivity index (χ0v) is 10.5. The van der Waals surface area contributed by atoms with Gasteiger partial charge in [0.2, 0.25) is 0 Å². The molecule has 2 nitrogen and oxygen atoms in total. The van der Waals surface area contributed by atoms with E-state index in [1.165, 1.54) is 0 Å². The Kier molecular flexibility index (Phi) is 4.41. The van der Waals surface area contributed by atoms with Gasteiger partial charge in [0.1, 0.15) is 11.5 Å². The first-order valence-corrected chi connectivity index (χ1v) is 5.62. The number of hydrogen-bond donors (Lipinski definition) is 0. The lowest BCUT2D eigenvalue weighted by atomic mass is 10.2. The highest BCUT2D eigenvalue weighted by Crippen LogP contribution is 2.25. The normalized spacial score (nSPS) is 10.6. The molecular weight excluding hydrogens is 200 g/mol. The minimum atomic E-state index is 0.159. The highest BCUT2D eigenvalue weighted by Gasteiger charge is 2.04. The highest BCUT2D eigenvalue weighted by molar-refractivity contribution is 5.53. The molecule has 0 aliphatic carbocycles. The zero-order chi connectivity index (χ0) is 12.1. The third-order valence-corrected chi connectivity index (χ3v) is 1.88. The van der Waals surface area contributed by atoms with Crippen molar-refractivity contribution in [3.8, 4) is 11.5 Å². The van der Waals surface area contributed by atoms with E-state index in [4.69, 9.17) is 9.47 Å². The van der Waals surface area contributed by atoms with Gasteiger partial charge in [-0.05, 0) is 45.4 Å². The molecule has 1 aromatic carbocycles. The fourth-order valence-electron chi connectivity index (χ4n) is 1.39. The van der Waals surface area contributed by atoms with Crippen LogP contribution in [0.25, 0.3) is 6.08 Å². The molecule has 0 N–H and O–H groups in total. The van der Waals surface area contributed by atoms with Gasteiger partial charge >= 0.3 is 0 Å². The average Bonchev–Trinajstić information content (AvgIpc) is 2.14. The van der Waals surface area contributed by atoms with Crippen LogP contribution in [-0.2, 0) is 0 Å². The molecule has 0 atom stereocenters. The Hall–Kier alpha value is -1.44. The Bertz CT molecular complexity index is 326. The topological polar surface area (TPSA) is 18.5 Å². The van der Waals surface area contributed by atoms with Gasteiger partial charge in [-0.15, -0.1) is 0 Å². The minimum Gasteiger partial charge on any atom is -0.491 e. The maximum atomic E-state index is 5.65. The molecule has 1 aromatic rings. The highest BCUT2D eigenvalue weighted by atomic mass is 16.5. The van der Waals surface area contributed by atoms with E-state index >= 15 is 0 Å². The van der Waals surface area contributed by atoms with E-state index in [2.05, 4.69) is 6.58 Å². The summed E-state index contributed by atoms with van der Waals surface area (Å²) in [5, 5.41) is 0. The predicted molar refractivity (Wildman–Crippen MR) is 68.1 cm³/mol. The van der Waals surface area contributed by atoms with E-state index in [9.17, 15) is 0 Å². The zero-order valence-electron chi connectivity index (χ0n) is 10.5. The lowest BCUT2D eigenvalue weighted by Crippen LogP contribution is -2.08. The second-order valence-corrected chi connectivity index (χ2v) is 4.28. The first kappa shape index (κ1) is 12.6. The molecule has 0 saturated carbocycles. The van der Waals surface area contributed by atoms with Gasteiger partial charge in [-0.25, -0.2) is 0 Å². The molecule has 0 bridgehead atoms. The largest absolute Gasteiger partial charge is 0.491 e. The Morgan fingerprint density at radius 3 is 1.69 bits per heavy atom. The van der Waals surface area contributed by atoms with Crippen molar-refractivity contribution in [1.29, 1.82) is 0 Å². The third kappa shape index (κ3) is 3.97. The SMILES string of the molecule is C=Cc1cc(OC(C)C)cc(OC(C)C)c1. The first-order chi connectivity index (χ1) is 7.51. The van der Waals surface area contributed by atoms with Gasteiger partial charge < -0.3 is 9.47 Å². The van der Waals surface area contributed by atoms with Gasteiger partial charge in [0.05, 0.1) is 12.2 Å². The van der Waals surface area contributed by atoms with Crippen LogP contribution in [0.1, 0.15) is 33.3 Å². The molecule has 0 aromatic heterocycles. The van der Waals surface area contributed by atoms with Crippen molar-refractivity contribution in [3.05, 3.63) is 30.3 Å². The van der Waals surface area contributed by atoms with Crippen LogP contribution in [0.4, 0.5) is 0 Å². The van der Waals surface area contributed by atoms with Gasteiger partial charge in [0.25, 0.3) is 0 Å². The molecule has 0 unspecified atom stereocenters. The molecule has 0 spiro atoms. The maximum Gasteiger partial charge on any atom is 0.123 e. The summed E-state index contributed by atoms with van der Waals surface area (Å²) in [6.45, 7) is 11.8. The predicted octanol–water partition coefficient (Wildman–Crippen LogP) is 3.90. The minimum absolute atomic E-state index is 0.159. The molecule has 0 fully saturated rings. The second kappa shape index (κ2) is 5.59. The summed E-state index contributed by atoms with van der Waals surface area (Å²) in [5.41, 5.74) is 1.01. The summed E-state index contributed by atoms with van der Waals surface area (Å²) in [6.07, 6.45) is 2.11. The number of rotatable bonds is 5. The average molecular weight is 220 g/mol. The molecule has 0 saturated heterocycles. The van der Waals surface area contributed by atoms with E-state index in [1.807, 2.05) is 45.9 Å². The Morgan fingerprint density at radius 2 is 1.38 bits per heavy atom. The van der Waals surface area contributed by atoms with Crippen molar-refractivity contribution in [1.82, 2.24) is 0 Å². The van der Waals surface area contributed by atoms with E-state index in [0.717, 1.165) is 17.1 Å². The van der Waals surface area contributed by atoms with E-state index in [-0.39, 0.29) is 12.2 Å². The molecule has 0 aliphatic heterocycles. The Morgan fingerprint density at radius 1 is 0.938 bits per heavy atom. The fourth-order valence-corrected chi connectivity index (χ4v) is 1.39. The van der Waals surface area contributed by atoms with Gasteiger partial charge in [0, 0.05) is 6.07 Å². The summed E-state index contributed by atoms with van der Waals surface area (Å²) in [5.74, 6) is 1.64. The summed E-state index contributed by atoms with van der Waals surface area (Å²) < 4.78 is 11.3. The van der Waals surface area contributed by atoms with E-state index < -0.39 is 0 Å². The van der Waals surface area contributed by atoms with Crippen LogP contribution >= 0.6 is 0 Å². The van der Waals surface area contributed by atoms with Crippen LogP contribution in [0.15, 0.2) is 24.8 Å². The summed E-state index contributed by atoms with van der Waals surface area (Å²) >= 11 is 0. The molecule has 88 valence electrons. The molecular formula is C14H20O2. The van der Waals surface area contributed by atoms with Crippen molar-refractivity contribution >= 4 is 6.08 Å². The van der Waals surface area contributed by atoms with Gasteiger partial charge in [-0.1, -0.05) is 12.7 Å². The van der Waals surface area contributed by atoms with Crippen molar-refractivity contribution in [2.24, 2.45) is 0 Å².